The molecule has 0 radical (unpaired) electrons. The zero-order chi connectivity index (χ0) is 27.0. The Balaban J connectivity index is 1.45. The summed E-state index contributed by atoms with van der Waals surface area (Å²) in [7, 11) is 1.75. The molecule has 0 bridgehead atoms. The lowest BCUT2D eigenvalue weighted by Gasteiger charge is -2.23. The first-order valence-electron chi connectivity index (χ1n) is 12.6. The number of hydrogen-bond acceptors (Lipinski definition) is 5. The van der Waals surface area contributed by atoms with Crippen LogP contribution in [0.2, 0.25) is 0 Å². The van der Waals surface area contributed by atoms with Gasteiger partial charge in [0.25, 0.3) is 11.8 Å². The van der Waals surface area contributed by atoms with Gasteiger partial charge < -0.3 is 20.5 Å². The zero-order valence-electron chi connectivity index (χ0n) is 21.9. The molecule has 1 aliphatic carbocycles. The molecule has 0 aliphatic heterocycles. The number of fused-ring (bicyclic) bond motifs is 1. The van der Waals surface area contributed by atoms with Gasteiger partial charge in [-0.2, -0.15) is 0 Å². The summed E-state index contributed by atoms with van der Waals surface area (Å²) in [6.07, 6.45) is 5.77. The van der Waals surface area contributed by atoms with E-state index >= 15 is 0 Å². The van der Waals surface area contributed by atoms with Crippen molar-refractivity contribution >= 4 is 51.5 Å². The number of H-pyrrole nitrogens is 1. The SMILES string of the molecule is CN(C(=O)CC(C)(C)C)c1ccc2c(C(=O)NC3CC3)c(NC(=O)c3ccc(-c4cccnc4)s3)[nH]c2c1. The van der Waals surface area contributed by atoms with Gasteiger partial charge in [-0.15, -0.1) is 11.3 Å². The molecule has 4 aromatic rings. The summed E-state index contributed by atoms with van der Waals surface area (Å²) in [5.74, 6) is -0.206. The maximum Gasteiger partial charge on any atom is 0.266 e. The molecule has 5 rings (SSSR count). The normalized spacial score (nSPS) is 13.4. The number of carbonyl (C=O) groups excluding carboxylic acids is 3. The van der Waals surface area contributed by atoms with Crippen LogP contribution in [0.25, 0.3) is 21.3 Å². The summed E-state index contributed by atoms with van der Waals surface area (Å²) in [5, 5.41) is 6.63. The van der Waals surface area contributed by atoms with E-state index in [0.29, 0.717) is 39.3 Å². The molecule has 3 aromatic heterocycles. The fraction of sp³-hybridized carbons (Fsp3) is 0.310. The number of thiophene rings is 1. The highest BCUT2D eigenvalue weighted by atomic mass is 32.1. The van der Waals surface area contributed by atoms with E-state index in [4.69, 9.17) is 0 Å². The molecule has 1 fully saturated rings. The Hall–Kier alpha value is -3.98. The van der Waals surface area contributed by atoms with E-state index in [-0.39, 0.29) is 29.2 Å². The Morgan fingerprint density at radius 3 is 2.58 bits per heavy atom. The van der Waals surface area contributed by atoms with Crippen molar-refractivity contribution in [2.45, 2.75) is 46.1 Å². The number of anilines is 2. The first-order chi connectivity index (χ1) is 18.1. The van der Waals surface area contributed by atoms with Gasteiger partial charge >= 0.3 is 0 Å². The number of nitrogens with zero attached hydrogens (tertiary/aromatic N) is 2. The third-order valence-corrected chi connectivity index (χ3v) is 7.51. The number of hydrogen-bond donors (Lipinski definition) is 3. The molecule has 38 heavy (non-hydrogen) atoms. The van der Waals surface area contributed by atoms with Crippen LogP contribution in [0.4, 0.5) is 11.5 Å². The summed E-state index contributed by atoms with van der Waals surface area (Å²) in [6, 6.07) is 13.1. The molecule has 0 saturated heterocycles. The molecule has 3 heterocycles. The minimum absolute atomic E-state index is 0.00532. The quantitative estimate of drug-likeness (QED) is 0.280. The van der Waals surface area contributed by atoms with Crippen molar-refractivity contribution in [3.05, 3.63) is 65.3 Å². The number of carbonyl (C=O) groups is 3. The first kappa shape index (κ1) is 25.7. The van der Waals surface area contributed by atoms with Gasteiger partial charge in [0.05, 0.1) is 10.4 Å². The average molecular weight is 530 g/mol. The Morgan fingerprint density at radius 1 is 1.11 bits per heavy atom. The molecule has 8 nitrogen and oxygen atoms in total. The highest BCUT2D eigenvalue weighted by molar-refractivity contribution is 7.17. The van der Waals surface area contributed by atoms with E-state index in [0.717, 1.165) is 23.3 Å². The third kappa shape index (κ3) is 5.62. The van der Waals surface area contributed by atoms with Crippen molar-refractivity contribution in [3.8, 4) is 10.4 Å². The van der Waals surface area contributed by atoms with Gasteiger partial charge in [-0.1, -0.05) is 26.8 Å². The van der Waals surface area contributed by atoms with Crippen LogP contribution in [0.15, 0.2) is 54.9 Å². The number of pyridine rings is 1. The molecule has 3 amide bonds. The van der Waals surface area contributed by atoms with Gasteiger partial charge in [0, 0.05) is 58.9 Å². The number of aromatic amines is 1. The monoisotopic (exact) mass is 529 g/mol. The molecule has 1 aliphatic rings. The lowest BCUT2D eigenvalue weighted by Crippen LogP contribution is -2.29. The summed E-state index contributed by atoms with van der Waals surface area (Å²) < 4.78 is 0. The zero-order valence-corrected chi connectivity index (χ0v) is 22.7. The van der Waals surface area contributed by atoms with Crippen LogP contribution < -0.4 is 15.5 Å². The van der Waals surface area contributed by atoms with E-state index in [1.54, 1.807) is 30.4 Å². The van der Waals surface area contributed by atoms with Crippen LogP contribution >= 0.6 is 11.3 Å². The van der Waals surface area contributed by atoms with E-state index in [9.17, 15) is 14.4 Å². The van der Waals surface area contributed by atoms with Crippen molar-refractivity contribution in [1.29, 1.82) is 0 Å². The molecule has 0 unspecified atom stereocenters. The highest BCUT2D eigenvalue weighted by Crippen LogP contribution is 2.33. The van der Waals surface area contributed by atoms with Gasteiger partial charge in [-0.05, 0) is 54.7 Å². The van der Waals surface area contributed by atoms with Crippen LogP contribution in [0.1, 0.15) is 60.1 Å². The third-order valence-electron chi connectivity index (χ3n) is 6.38. The van der Waals surface area contributed by atoms with Gasteiger partial charge in [0.2, 0.25) is 5.91 Å². The fourth-order valence-electron chi connectivity index (χ4n) is 4.22. The second-order valence-electron chi connectivity index (χ2n) is 10.9. The number of aromatic nitrogens is 2. The predicted octanol–water partition coefficient (Wildman–Crippen LogP) is 5.83. The van der Waals surface area contributed by atoms with E-state index in [2.05, 4.69) is 20.6 Å². The molecular formula is C29H31N5O3S. The minimum atomic E-state index is -0.310. The summed E-state index contributed by atoms with van der Waals surface area (Å²) >= 11 is 1.36. The number of nitrogens with one attached hydrogen (secondary N) is 3. The Bertz CT molecular complexity index is 1510. The van der Waals surface area contributed by atoms with Gasteiger partial charge in [0.15, 0.2) is 0 Å². The van der Waals surface area contributed by atoms with Gasteiger partial charge in [-0.3, -0.25) is 19.4 Å². The number of amides is 3. The summed E-state index contributed by atoms with van der Waals surface area (Å²) in [5.41, 5.74) is 2.56. The second kappa shape index (κ2) is 10.1. The maximum atomic E-state index is 13.2. The molecular weight excluding hydrogens is 498 g/mol. The van der Waals surface area contributed by atoms with Crippen molar-refractivity contribution in [2.75, 3.05) is 17.3 Å². The van der Waals surface area contributed by atoms with Crippen molar-refractivity contribution in [2.24, 2.45) is 5.41 Å². The lowest BCUT2D eigenvalue weighted by atomic mass is 9.91. The van der Waals surface area contributed by atoms with Crippen LogP contribution in [-0.2, 0) is 4.79 Å². The number of benzene rings is 1. The minimum Gasteiger partial charge on any atom is -0.349 e. The second-order valence-corrected chi connectivity index (χ2v) is 12.0. The van der Waals surface area contributed by atoms with Gasteiger partial charge in [-0.25, -0.2) is 0 Å². The highest BCUT2D eigenvalue weighted by Gasteiger charge is 2.28. The van der Waals surface area contributed by atoms with E-state index in [1.165, 1.54) is 11.3 Å². The summed E-state index contributed by atoms with van der Waals surface area (Å²) in [6.45, 7) is 6.08. The summed E-state index contributed by atoms with van der Waals surface area (Å²) in [4.78, 5) is 49.7. The average Bonchev–Trinajstić information content (AvgIpc) is 3.41. The van der Waals surface area contributed by atoms with E-state index < -0.39 is 0 Å². The lowest BCUT2D eigenvalue weighted by molar-refractivity contribution is -0.120. The van der Waals surface area contributed by atoms with Crippen molar-refractivity contribution in [1.82, 2.24) is 15.3 Å². The Labute approximate surface area is 225 Å². The molecule has 3 N–H and O–H groups in total. The van der Waals surface area contributed by atoms with Crippen LogP contribution in [0.5, 0.6) is 0 Å². The van der Waals surface area contributed by atoms with Crippen molar-refractivity contribution < 1.29 is 14.4 Å². The predicted molar refractivity (Wildman–Crippen MR) is 152 cm³/mol. The van der Waals surface area contributed by atoms with Crippen LogP contribution in [0.3, 0.4) is 0 Å². The number of rotatable bonds is 7. The van der Waals surface area contributed by atoms with Gasteiger partial charge in [0.1, 0.15) is 5.82 Å². The topological polar surface area (TPSA) is 107 Å². The van der Waals surface area contributed by atoms with Crippen molar-refractivity contribution in [3.63, 3.8) is 0 Å². The smallest absolute Gasteiger partial charge is 0.266 e. The molecule has 1 aromatic carbocycles. The fourth-order valence-corrected chi connectivity index (χ4v) is 5.12. The Kier molecular flexibility index (Phi) is 6.79. The molecule has 196 valence electrons. The largest absolute Gasteiger partial charge is 0.349 e. The maximum absolute atomic E-state index is 13.2. The standard InChI is InChI=1S/C29H31N5O3S/c1-29(2,3)15-24(35)34(4)19-9-10-20-21(14-19)32-26(25(20)28(37)31-18-7-8-18)33-27(36)23-12-11-22(38-23)17-6-5-13-30-16-17/h5-6,9-14,16,18,32H,7-8,15H2,1-4H3,(H,31,37)(H,33,36). The molecule has 9 heteroatoms. The molecule has 0 spiro atoms. The Morgan fingerprint density at radius 2 is 1.89 bits per heavy atom. The first-order valence-corrected chi connectivity index (χ1v) is 13.5. The molecule has 1 saturated carbocycles. The van der Waals surface area contributed by atoms with E-state index in [1.807, 2.05) is 57.2 Å². The van der Waals surface area contributed by atoms with Crippen LogP contribution in [0, 0.1) is 5.41 Å². The molecule has 0 atom stereocenters. The van der Waals surface area contributed by atoms with Crippen LogP contribution in [-0.4, -0.2) is 40.8 Å².